The number of benzene rings is 3. The molecule has 138 valence electrons. The molecule has 3 rings (SSSR count). The van der Waals surface area contributed by atoms with E-state index >= 15 is 0 Å². The lowest BCUT2D eigenvalue weighted by atomic mass is 9.92. The van der Waals surface area contributed by atoms with Gasteiger partial charge in [-0.25, -0.2) is 0 Å². The van der Waals surface area contributed by atoms with Gasteiger partial charge < -0.3 is 5.32 Å². The molecule has 0 heterocycles. The summed E-state index contributed by atoms with van der Waals surface area (Å²) in [5.74, 6) is 0.938. The first kappa shape index (κ1) is 19.0. The summed E-state index contributed by atoms with van der Waals surface area (Å²) in [6.07, 6.45) is 2.16. The Labute approximate surface area is 163 Å². The molecule has 0 aliphatic heterocycles. The van der Waals surface area contributed by atoms with Gasteiger partial charge in [0.05, 0.1) is 0 Å². The summed E-state index contributed by atoms with van der Waals surface area (Å²) in [4.78, 5) is 0. The summed E-state index contributed by atoms with van der Waals surface area (Å²) >= 11 is 0. The van der Waals surface area contributed by atoms with E-state index in [1.165, 1.54) is 33.5 Å². The molecule has 0 unspecified atom stereocenters. The molecule has 0 atom stereocenters. The van der Waals surface area contributed by atoms with Gasteiger partial charge in [-0.1, -0.05) is 107 Å². The minimum atomic E-state index is 0.469. The normalized spacial score (nSPS) is 10.9. The predicted octanol–water partition coefficient (Wildman–Crippen LogP) is 7.43. The molecule has 0 aliphatic carbocycles. The number of rotatable bonds is 6. The van der Waals surface area contributed by atoms with Crippen molar-refractivity contribution in [2.45, 2.75) is 39.5 Å². The van der Waals surface area contributed by atoms with Crippen molar-refractivity contribution in [3.05, 3.63) is 107 Å². The first-order valence-corrected chi connectivity index (χ1v) is 9.78. The van der Waals surface area contributed by atoms with E-state index in [1.807, 2.05) is 0 Å². The van der Waals surface area contributed by atoms with Gasteiger partial charge in [-0.3, -0.25) is 0 Å². The zero-order valence-electron chi connectivity index (χ0n) is 16.7. The number of anilines is 1. The Bertz CT molecular complexity index is 822. The van der Waals surface area contributed by atoms with Crippen molar-refractivity contribution in [2.75, 3.05) is 5.32 Å². The van der Waals surface area contributed by atoms with Crippen LogP contribution >= 0.6 is 0 Å². The molecule has 1 heteroatoms. The molecule has 3 aromatic rings. The SMILES string of the molecule is CC(C)c1cccc(C(C)C)c1NC=C(c1ccccc1)c1ccccc1. The zero-order chi connectivity index (χ0) is 19.2. The summed E-state index contributed by atoms with van der Waals surface area (Å²) in [6.45, 7) is 9.01. The van der Waals surface area contributed by atoms with Crippen molar-refractivity contribution in [3.63, 3.8) is 0 Å². The molecule has 0 bridgehead atoms. The Morgan fingerprint density at radius 1 is 0.630 bits per heavy atom. The van der Waals surface area contributed by atoms with Crippen molar-refractivity contribution in [1.82, 2.24) is 0 Å². The van der Waals surface area contributed by atoms with Crippen molar-refractivity contribution in [3.8, 4) is 0 Å². The van der Waals surface area contributed by atoms with E-state index in [1.54, 1.807) is 0 Å². The lowest BCUT2D eigenvalue weighted by molar-refractivity contribution is 0.838. The summed E-state index contributed by atoms with van der Waals surface area (Å²) in [5.41, 5.74) is 7.58. The molecule has 0 amide bonds. The highest BCUT2D eigenvalue weighted by Crippen LogP contribution is 2.33. The molecule has 0 aliphatic rings. The first-order chi connectivity index (χ1) is 13.1. The van der Waals surface area contributed by atoms with E-state index in [0.717, 1.165) is 0 Å². The van der Waals surface area contributed by atoms with Crippen LogP contribution in [0.1, 0.15) is 61.8 Å². The molecule has 1 N–H and O–H groups in total. The summed E-state index contributed by atoms with van der Waals surface area (Å²) in [7, 11) is 0. The number of nitrogens with one attached hydrogen (secondary N) is 1. The second-order valence-corrected chi connectivity index (χ2v) is 7.56. The Morgan fingerprint density at radius 2 is 1.07 bits per heavy atom. The van der Waals surface area contributed by atoms with E-state index < -0.39 is 0 Å². The standard InChI is InChI=1S/C26H29N/c1-19(2)23-16-11-17-24(20(3)4)26(23)27-18-25(21-12-7-5-8-13-21)22-14-9-6-10-15-22/h5-20,27H,1-4H3. The smallest absolute Gasteiger partial charge is 0.0450 e. The second kappa shape index (κ2) is 8.73. The first-order valence-electron chi connectivity index (χ1n) is 9.78. The van der Waals surface area contributed by atoms with Gasteiger partial charge in [0.2, 0.25) is 0 Å². The molecular formula is C26H29N. The fraction of sp³-hybridized carbons (Fsp3) is 0.231. The van der Waals surface area contributed by atoms with Gasteiger partial charge in [0, 0.05) is 17.5 Å². The quantitative estimate of drug-likeness (QED) is 0.484. The topological polar surface area (TPSA) is 12.0 Å². The monoisotopic (exact) mass is 355 g/mol. The van der Waals surface area contributed by atoms with Gasteiger partial charge in [0.15, 0.2) is 0 Å². The van der Waals surface area contributed by atoms with Gasteiger partial charge >= 0.3 is 0 Å². The van der Waals surface area contributed by atoms with Crippen LogP contribution in [0, 0.1) is 0 Å². The molecule has 0 spiro atoms. The van der Waals surface area contributed by atoms with Crippen LogP contribution in [-0.4, -0.2) is 0 Å². The highest BCUT2D eigenvalue weighted by molar-refractivity contribution is 5.81. The third-order valence-corrected chi connectivity index (χ3v) is 4.90. The fourth-order valence-corrected chi connectivity index (χ4v) is 3.43. The van der Waals surface area contributed by atoms with Gasteiger partial charge in [-0.05, 0) is 34.1 Å². The van der Waals surface area contributed by atoms with E-state index in [9.17, 15) is 0 Å². The third-order valence-electron chi connectivity index (χ3n) is 4.90. The average molecular weight is 356 g/mol. The van der Waals surface area contributed by atoms with E-state index in [-0.39, 0.29) is 0 Å². The third kappa shape index (κ3) is 4.49. The van der Waals surface area contributed by atoms with Crippen LogP contribution in [0.15, 0.2) is 85.1 Å². The Balaban J connectivity index is 2.08. The van der Waals surface area contributed by atoms with Crippen molar-refractivity contribution >= 4 is 11.3 Å². The number of para-hydroxylation sites is 1. The zero-order valence-corrected chi connectivity index (χ0v) is 16.7. The molecule has 0 radical (unpaired) electrons. The van der Waals surface area contributed by atoms with Gasteiger partial charge in [-0.15, -0.1) is 0 Å². The van der Waals surface area contributed by atoms with Gasteiger partial charge in [0.25, 0.3) is 0 Å². The fourth-order valence-electron chi connectivity index (χ4n) is 3.43. The molecule has 3 aromatic carbocycles. The Kier molecular flexibility index (Phi) is 6.13. The maximum Gasteiger partial charge on any atom is 0.0450 e. The lowest BCUT2D eigenvalue weighted by Gasteiger charge is -2.20. The van der Waals surface area contributed by atoms with Crippen LogP contribution in [0.25, 0.3) is 5.57 Å². The van der Waals surface area contributed by atoms with Crippen LogP contribution in [0.2, 0.25) is 0 Å². The Morgan fingerprint density at radius 3 is 1.48 bits per heavy atom. The van der Waals surface area contributed by atoms with Crippen LogP contribution < -0.4 is 5.32 Å². The van der Waals surface area contributed by atoms with Gasteiger partial charge in [-0.2, -0.15) is 0 Å². The predicted molar refractivity (Wildman–Crippen MR) is 118 cm³/mol. The highest BCUT2D eigenvalue weighted by atomic mass is 14.9. The molecule has 0 aromatic heterocycles. The minimum absolute atomic E-state index is 0.469. The summed E-state index contributed by atoms with van der Waals surface area (Å²) in [6, 6.07) is 27.8. The minimum Gasteiger partial charge on any atom is -0.361 e. The van der Waals surface area contributed by atoms with Crippen LogP contribution in [0.4, 0.5) is 5.69 Å². The van der Waals surface area contributed by atoms with Crippen LogP contribution in [0.5, 0.6) is 0 Å². The second-order valence-electron chi connectivity index (χ2n) is 7.56. The molecule has 0 saturated heterocycles. The molecular weight excluding hydrogens is 326 g/mol. The lowest BCUT2D eigenvalue weighted by Crippen LogP contribution is -2.04. The van der Waals surface area contributed by atoms with Crippen LogP contribution in [0.3, 0.4) is 0 Å². The van der Waals surface area contributed by atoms with Gasteiger partial charge in [0.1, 0.15) is 0 Å². The summed E-state index contributed by atoms with van der Waals surface area (Å²) < 4.78 is 0. The number of hydrogen-bond donors (Lipinski definition) is 1. The van der Waals surface area contributed by atoms with Crippen molar-refractivity contribution in [1.29, 1.82) is 0 Å². The molecule has 27 heavy (non-hydrogen) atoms. The summed E-state index contributed by atoms with van der Waals surface area (Å²) in [5, 5.41) is 3.68. The largest absolute Gasteiger partial charge is 0.361 e. The van der Waals surface area contributed by atoms with Crippen molar-refractivity contribution < 1.29 is 0 Å². The van der Waals surface area contributed by atoms with Crippen LogP contribution in [-0.2, 0) is 0 Å². The Hall–Kier alpha value is -2.80. The number of hydrogen-bond acceptors (Lipinski definition) is 1. The van der Waals surface area contributed by atoms with E-state index in [0.29, 0.717) is 11.8 Å². The van der Waals surface area contributed by atoms with E-state index in [4.69, 9.17) is 0 Å². The maximum absolute atomic E-state index is 3.68. The van der Waals surface area contributed by atoms with Crippen molar-refractivity contribution in [2.24, 2.45) is 0 Å². The maximum atomic E-state index is 3.68. The highest BCUT2D eigenvalue weighted by Gasteiger charge is 2.13. The van der Waals surface area contributed by atoms with E-state index in [2.05, 4.69) is 118 Å². The molecule has 0 saturated carbocycles. The molecule has 1 nitrogen and oxygen atoms in total. The molecule has 0 fully saturated rings. The average Bonchev–Trinajstić information content (AvgIpc) is 2.69.